The number of hydrogen-bond donors (Lipinski definition) is 2. The maximum Gasteiger partial charge on any atom is 0.0325 e. The van der Waals surface area contributed by atoms with Gasteiger partial charge in [-0.2, -0.15) is 0 Å². The molecular formula is C12H18N2S. The van der Waals surface area contributed by atoms with E-state index in [0.717, 1.165) is 11.6 Å². The number of hydrogen-bond acceptors (Lipinski definition) is 3. The van der Waals surface area contributed by atoms with E-state index in [-0.39, 0.29) is 0 Å². The third-order valence-corrected chi connectivity index (χ3v) is 4.24. The van der Waals surface area contributed by atoms with Crippen LogP contribution < -0.4 is 11.1 Å². The number of benzene rings is 1. The lowest BCUT2D eigenvalue weighted by Gasteiger charge is -2.10. The summed E-state index contributed by atoms with van der Waals surface area (Å²) in [4.78, 5) is 1.34. The maximum absolute atomic E-state index is 5.79. The van der Waals surface area contributed by atoms with Crippen molar-refractivity contribution in [1.29, 1.82) is 0 Å². The Balaban J connectivity index is 1.94. The average Bonchev–Trinajstić information content (AvgIpc) is 2.72. The number of thioether (sulfide) groups is 1. The molecule has 1 atom stereocenters. The highest BCUT2D eigenvalue weighted by Gasteiger charge is 2.14. The van der Waals surface area contributed by atoms with E-state index < -0.39 is 0 Å². The maximum atomic E-state index is 5.79. The number of rotatable bonds is 3. The van der Waals surface area contributed by atoms with Crippen molar-refractivity contribution in [2.24, 2.45) is 5.92 Å². The lowest BCUT2D eigenvalue weighted by Crippen LogP contribution is -2.10. The van der Waals surface area contributed by atoms with E-state index in [1.165, 1.54) is 35.7 Å². The molecule has 0 bridgehead atoms. The van der Waals surface area contributed by atoms with Crippen LogP contribution in [0.2, 0.25) is 0 Å². The monoisotopic (exact) mass is 222 g/mol. The van der Waals surface area contributed by atoms with Gasteiger partial charge in [0.2, 0.25) is 0 Å². The molecule has 1 aliphatic heterocycles. The number of nitrogen functional groups attached to an aromatic ring is 1. The zero-order valence-corrected chi connectivity index (χ0v) is 9.94. The first-order valence-corrected chi connectivity index (χ1v) is 6.44. The van der Waals surface area contributed by atoms with Crippen LogP contribution in [-0.2, 0) is 0 Å². The van der Waals surface area contributed by atoms with Crippen molar-refractivity contribution in [2.45, 2.75) is 18.2 Å². The van der Waals surface area contributed by atoms with E-state index in [1.807, 2.05) is 17.8 Å². The highest BCUT2D eigenvalue weighted by atomic mass is 32.2. The summed E-state index contributed by atoms with van der Waals surface area (Å²) in [5.41, 5.74) is 7.99. The molecule has 3 N–H and O–H groups in total. The molecule has 82 valence electrons. The number of anilines is 1. The van der Waals surface area contributed by atoms with Gasteiger partial charge in [0, 0.05) is 16.3 Å². The minimum Gasteiger partial charge on any atom is -0.399 e. The lowest BCUT2D eigenvalue weighted by molar-refractivity contribution is 0.662. The van der Waals surface area contributed by atoms with Crippen LogP contribution >= 0.6 is 11.8 Å². The third-order valence-electron chi connectivity index (χ3n) is 2.85. The SMILES string of the molecule is Cc1ccc(N)cc1SCC1CCNC1. The van der Waals surface area contributed by atoms with Gasteiger partial charge in [-0.25, -0.2) is 0 Å². The Morgan fingerprint density at radius 2 is 2.40 bits per heavy atom. The fourth-order valence-corrected chi connectivity index (χ4v) is 3.05. The van der Waals surface area contributed by atoms with Crippen LogP contribution in [0.3, 0.4) is 0 Å². The minimum atomic E-state index is 0.829. The van der Waals surface area contributed by atoms with E-state index in [1.54, 1.807) is 0 Å². The summed E-state index contributed by atoms with van der Waals surface area (Å²) in [6.07, 6.45) is 1.31. The Bertz CT molecular complexity index is 332. The molecule has 2 rings (SSSR count). The van der Waals surface area contributed by atoms with Gasteiger partial charge in [0.05, 0.1) is 0 Å². The molecule has 1 aromatic carbocycles. The van der Waals surface area contributed by atoms with Gasteiger partial charge < -0.3 is 11.1 Å². The van der Waals surface area contributed by atoms with Crippen LogP contribution in [0.4, 0.5) is 5.69 Å². The number of nitrogens with two attached hydrogens (primary N) is 1. The summed E-state index contributed by atoms with van der Waals surface area (Å²) < 4.78 is 0. The van der Waals surface area contributed by atoms with E-state index in [2.05, 4.69) is 24.4 Å². The summed E-state index contributed by atoms with van der Waals surface area (Å²) in [5.74, 6) is 2.04. The van der Waals surface area contributed by atoms with E-state index in [4.69, 9.17) is 5.73 Å². The van der Waals surface area contributed by atoms with E-state index >= 15 is 0 Å². The Morgan fingerprint density at radius 1 is 1.53 bits per heavy atom. The fraction of sp³-hybridized carbons (Fsp3) is 0.500. The van der Waals surface area contributed by atoms with Crippen LogP contribution in [0, 0.1) is 12.8 Å². The second-order valence-corrected chi connectivity index (χ2v) is 5.26. The first-order chi connectivity index (χ1) is 7.25. The molecule has 0 aromatic heterocycles. The smallest absolute Gasteiger partial charge is 0.0325 e. The normalized spacial score (nSPS) is 20.7. The van der Waals surface area contributed by atoms with Crippen LogP contribution in [0.25, 0.3) is 0 Å². The molecule has 0 amide bonds. The molecule has 3 heteroatoms. The summed E-state index contributed by atoms with van der Waals surface area (Å²) >= 11 is 1.94. The van der Waals surface area contributed by atoms with Gasteiger partial charge in [-0.3, -0.25) is 0 Å². The highest BCUT2D eigenvalue weighted by Crippen LogP contribution is 2.27. The van der Waals surface area contributed by atoms with Crippen molar-refractivity contribution in [2.75, 3.05) is 24.6 Å². The Morgan fingerprint density at radius 3 is 3.13 bits per heavy atom. The van der Waals surface area contributed by atoms with Gasteiger partial charge in [0.15, 0.2) is 0 Å². The minimum absolute atomic E-state index is 0.829. The fourth-order valence-electron chi connectivity index (χ4n) is 1.84. The summed E-state index contributed by atoms with van der Waals surface area (Å²) in [6.45, 7) is 4.50. The van der Waals surface area contributed by atoms with Crippen molar-refractivity contribution in [3.8, 4) is 0 Å². The predicted molar refractivity (Wildman–Crippen MR) is 67.3 cm³/mol. The summed E-state index contributed by atoms with van der Waals surface area (Å²) in [5, 5.41) is 3.40. The highest BCUT2D eigenvalue weighted by molar-refractivity contribution is 7.99. The second kappa shape index (κ2) is 4.90. The zero-order chi connectivity index (χ0) is 10.7. The zero-order valence-electron chi connectivity index (χ0n) is 9.12. The molecule has 0 aliphatic carbocycles. The van der Waals surface area contributed by atoms with Crippen molar-refractivity contribution in [1.82, 2.24) is 5.32 Å². The van der Waals surface area contributed by atoms with Gasteiger partial charge in [0.25, 0.3) is 0 Å². The van der Waals surface area contributed by atoms with Gasteiger partial charge in [-0.05, 0) is 50.0 Å². The molecule has 0 radical (unpaired) electrons. The molecule has 1 unspecified atom stereocenters. The van der Waals surface area contributed by atoms with Crippen molar-refractivity contribution >= 4 is 17.4 Å². The Kier molecular flexibility index (Phi) is 3.54. The van der Waals surface area contributed by atoms with Crippen LogP contribution in [0.15, 0.2) is 23.1 Å². The Hall–Kier alpha value is -0.670. The van der Waals surface area contributed by atoms with Crippen molar-refractivity contribution in [3.63, 3.8) is 0 Å². The molecular weight excluding hydrogens is 204 g/mol. The van der Waals surface area contributed by atoms with Gasteiger partial charge >= 0.3 is 0 Å². The molecule has 1 fully saturated rings. The number of nitrogens with one attached hydrogen (secondary N) is 1. The molecule has 0 spiro atoms. The van der Waals surface area contributed by atoms with Crippen LogP contribution in [0.1, 0.15) is 12.0 Å². The first-order valence-electron chi connectivity index (χ1n) is 5.45. The van der Waals surface area contributed by atoms with Gasteiger partial charge in [-0.1, -0.05) is 6.07 Å². The molecule has 1 saturated heterocycles. The quantitative estimate of drug-likeness (QED) is 0.608. The van der Waals surface area contributed by atoms with Crippen LogP contribution in [-0.4, -0.2) is 18.8 Å². The average molecular weight is 222 g/mol. The topological polar surface area (TPSA) is 38.0 Å². The second-order valence-electron chi connectivity index (χ2n) is 4.19. The van der Waals surface area contributed by atoms with Crippen molar-refractivity contribution < 1.29 is 0 Å². The van der Waals surface area contributed by atoms with Gasteiger partial charge in [-0.15, -0.1) is 11.8 Å². The molecule has 0 saturated carbocycles. The molecule has 1 heterocycles. The standard InChI is InChI=1S/C12H18N2S/c1-9-2-3-11(13)6-12(9)15-8-10-4-5-14-7-10/h2-3,6,10,14H,4-5,7-8,13H2,1H3. The first kappa shape index (κ1) is 10.8. The Labute approximate surface area is 95.6 Å². The molecule has 1 aromatic rings. The van der Waals surface area contributed by atoms with Crippen molar-refractivity contribution in [3.05, 3.63) is 23.8 Å². The van der Waals surface area contributed by atoms with Gasteiger partial charge in [0.1, 0.15) is 0 Å². The largest absolute Gasteiger partial charge is 0.399 e. The molecule has 1 aliphatic rings. The third kappa shape index (κ3) is 2.89. The van der Waals surface area contributed by atoms with E-state index in [0.29, 0.717) is 0 Å². The molecule has 15 heavy (non-hydrogen) atoms. The lowest BCUT2D eigenvalue weighted by atomic mass is 10.2. The van der Waals surface area contributed by atoms with Crippen LogP contribution in [0.5, 0.6) is 0 Å². The summed E-state index contributed by atoms with van der Waals surface area (Å²) in [6, 6.07) is 6.16. The predicted octanol–water partition coefficient (Wildman–Crippen LogP) is 2.28. The van der Waals surface area contributed by atoms with E-state index in [9.17, 15) is 0 Å². The molecule has 2 nitrogen and oxygen atoms in total. The number of aryl methyl sites for hydroxylation is 1. The summed E-state index contributed by atoms with van der Waals surface area (Å²) in [7, 11) is 0.